The third-order valence-corrected chi connectivity index (χ3v) is 7.41. The van der Waals surface area contributed by atoms with Gasteiger partial charge >= 0.3 is 0 Å². The van der Waals surface area contributed by atoms with Gasteiger partial charge in [0.1, 0.15) is 11.5 Å². The monoisotopic (exact) mass is 570 g/mol. The van der Waals surface area contributed by atoms with Crippen molar-refractivity contribution in [2.24, 2.45) is 0 Å². The third kappa shape index (κ3) is 6.07. The minimum absolute atomic E-state index is 0.195. The highest BCUT2D eigenvalue weighted by atomic mass is 79.9. The van der Waals surface area contributed by atoms with Crippen molar-refractivity contribution in [2.45, 2.75) is 13.2 Å². The maximum absolute atomic E-state index is 13.2. The van der Waals surface area contributed by atoms with Crippen molar-refractivity contribution < 1.29 is 14.3 Å². The van der Waals surface area contributed by atoms with Crippen LogP contribution in [0.25, 0.3) is 10.1 Å². The fourth-order valence-corrected chi connectivity index (χ4v) is 5.20. The summed E-state index contributed by atoms with van der Waals surface area (Å²) in [6.07, 6.45) is 0. The molecule has 5 rings (SSSR count). The van der Waals surface area contributed by atoms with Gasteiger partial charge in [-0.1, -0.05) is 70.5 Å². The van der Waals surface area contributed by atoms with Gasteiger partial charge in [0, 0.05) is 32.4 Å². The van der Waals surface area contributed by atoms with E-state index in [9.17, 15) is 9.59 Å². The topological polar surface area (TPSA) is 67.4 Å². The van der Waals surface area contributed by atoms with E-state index < -0.39 is 0 Å². The van der Waals surface area contributed by atoms with E-state index in [-0.39, 0.29) is 11.8 Å². The summed E-state index contributed by atoms with van der Waals surface area (Å²) < 4.78 is 8.07. The van der Waals surface area contributed by atoms with Crippen LogP contribution >= 0.6 is 27.3 Å². The van der Waals surface area contributed by atoms with E-state index in [1.807, 2.05) is 91.0 Å². The molecular weight excluding hydrogens is 548 g/mol. The first-order chi connectivity index (χ1) is 18.1. The fraction of sp³-hybridized carbons (Fsp3) is 0.0667. The van der Waals surface area contributed by atoms with E-state index in [4.69, 9.17) is 4.74 Å². The van der Waals surface area contributed by atoms with E-state index in [0.29, 0.717) is 35.0 Å². The van der Waals surface area contributed by atoms with Crippen molar-refractivity contribution >= 4 is 54.9 Å². The number of nitrogens with one attached hydrogen (secondary N) is 2. The Morgan fingerprint density at radius 2 is 1.51 bits per heavy atom. The molecule has 0 aliphatic carbocycles. The lowest BCUT2D eigenvalue weighted by Crippen LogP contribution is -2.22. The molecule has 1 aromatic heterocycles. The molecule has 0 spiro atoms. The van der Waals surface area contributed by atoms with Crippen LogP contribution in [0.4, 0.5) is 5.69 Å². The van der Waals surface area contributed by atoms with Gasteiger partial charge in [0.25, 0.3) is 11.8 Å². The first-order valence-corrected chi connectivity index (χ1v) is 13.3. The van der Waals surface area contributed by atoms with Gasteiger partial charge in [-0.3, -0.25) is 9.59 Å². The maximum Gasteiger partial charge on any atom is 0.265 e. The number of fused-ring (bicyclic) bond motifs is 1. The van der Waals surface area contributed by atoms with Gasteiger partial charge in [-0.15, -0.1) is 11.3 Å². The molecule has 0 saturated carbocycles. The zero-order valence-corrected chi connectivity index (χ0v) is 22.1. The highest BCUT2D eigenvalue weighted by Gasteiger charge is 2.20. The summed E-state index contributed by atoms with van der Waals surface area (Å²) in [5.74, 6) is 0.199. The van der Waals surface area contributed by atoms with E-state index >= 15 is 0 Å². The molecule has 184 valence electrons. The molecule has 5 aromatic rings. The largest absolute Gasteiger partial charge is 0.487 e. The SMILES string of the molecule is O=C(Nc1cccc(CNC(=O)c2sc3ccccc3c2OCc2ccccc2)c1)c1ccc(Br)cc1. The van der Waals surface area contributed by atoms with E-state index in [1.165, 1.54) is 11.3 Å². The Balaban J connectivity index is 1.28. The molecule has 37 heavy (non-hydrogen) atoms. The van der Waals surface area contributed by atoms with Crippen LogP contribution in [0.2, 0.25) is 0 Å². The van der Waals surface area contributed by atoms with Crippen LogP contribution in [-0.4, -0.2) is 11.8 Å². The van der Waals surface area contributed by atoms with Crippen LogP contribution in [0.5, 0.6) is 5.75 Å². The Labute approximate surface area is 227 Å². The number of anilines is 1. The number of benzene rings is 4. The van der Waals surface area contributed by atoms with Gasteiger partial charge in [-0.25, -0.2) is 0 Å². The lowest BCUT2D eigenvalue weighted by Gasteiger charge is -2.10. The van der Waals surface area contributed by atoms with Crippen LogP contribution in [-0.2, 0) is 13.2 Å². The van der Waals surface area contributed by atoms with Gasteiger partial charge in [0.05, 0.1) is 0 Å². The molecule has 0 atom stereocenters. The number of halogens is 1. The second kappa shape index (κ2) is 11.4. The molecule has 7 heteroatoms. The number of carbonyl (C=O) groups excluding carboxylic acids is 2. The smallest absolute Gasteiger partial charge is 0.265 e. The average Bonchev–Trinajstić information content (AvgIpc) is 3.30. The van der Waals surface area contributed by atoms with Crippen LogP contribution in [0.15, 0.2) is 108 Å². The lowest BCUT2D eigenvalue weighted by molar-refractivity contribution is 0.0950. The average molecular weight is 571 g/mol. The Morgan fingerprint density at radius 1 is 0.784 bits per heavy atom. The highest BCUT2D eigenvalue weighted by Crippen LogP contribution is 2.38. The van der Waals surface area contributed by atoms with Crippen LogP contribution in [0.1, 0.15) is 31.2 Å². The van der Waals surface area contributed by atoms with E-state index in [2.05, 4.69) is 26.6 Å². The first kappa shape index (κ1) is 24.7. The zero-order chi connectivity index (χ0) is 25.6. The number of rotatable bonds is 8. The molecule has 0 aliphatic heterocycles. The van der Waals surface area contributed by atoms with Gasteiger partial charge in [-0.2, -0.15) is 0 Å². The minimum Gasteiger partial charge on any atom is -0.487 e. The Hall–Kier alpha value is -3.94. The number of ether oxygens (including phenoxy) is 1. The molecular formula is C30H23BrN2O3S. The maximum atomic E-state index is 13.2. The highest BCUT2D eigenvalue weighted by molar-refractivity contribution is 9.10. The fourth-order valence-electron chi connectivity index (χ4n) is 3.87. The van der Waals surface area contributed by atoms with Gasteiger partial charge in [0.15, 0.2) is 5.75 Å². The van der Waals surface area contributed by atoms with Crippen LogP contribution in [0, 0.1) is 0 Å². The molecule has 1 heterocycles. The van der Waals surface area contributed by atoms with Crippen molar-refractivity contribution in [3.63, 3.8) is 0 Å². The van der Waals surface area contributed by atoms with Crippen LogP contribution in [0.3, 0.4) is 0 Å². The number of carbonyl (C=O) groups is 2. The molecule has 0 radical (unpaired) electrons. The normalized spacial score (nSPS) is 10.7. The zero-order valence-electron chi connectivity index (χ0n) is 19.7. The van der Waals surface area contributed by atoms with Crippen molar-refractivity contribution in [3.8, 4) is 5.75 Å². The molecule has 0 bridgehead atoms. The molecule has 2 amide bonds. The second-order valence-corrected chi connectivity index (χ2v) is 10.3. The second-order valence-electron chi connectivity index (χ2n) is 8.37. The number of thiophene rings is 1. The molecule has 0 aliphatic rings. The molecule has 5 nitrogen and oxygen atoms in total. The van der Waals surface area contributed by atoms with Crippen molar-refractivity contribution in [1.82, 2.24) is 5.32 Å². The predicted molar refractivity (Wildman–Crippen MR) is 152 cm³/mol. The Morgan fingerprint density at radius 3 is 2.32 bits per heavy atom. The minimum atomic E-state index is -0.200. The van der Waals surface area contributed by atoms with Gasteiger partial charge < -0.3 is 15.4 Å². The van der Waals surface area contributed by atoms with Crippen molar-refractivity contribution in [2.75, 3.05) is 5.32 Å². The van der Waals surface area contributed by atoms with Gasteiger partial charge in [-0.05, 0) is 59.7 Å². The lowest BCUT2D eigenvalue weighted by atomic mass is 10.1. The summed E-state index contributed by atoms with van der Waals surface area (Å²) >= 11 is 4.79. The van der Waals surface area contributed by atoms with Crippen LogP contribution < -0.4 is 15.4 Å². The summed E-state index contributed by atoms with van der Waals surface area (Å²) in [6.45, 7) is 0.690. The summed E-state index contributed by atoms with van der Waals surface area (Å²) in [4.78, 5) is 26.3. The van der Waals surface area contributed by atoms with E-state index in [0.717, 1.165) is 25.7 Å². The van der Waals surface area contributed by atoms with E-state index in [1.54, 1.807) is 12.1 Å². The predicted octanol–water partition coefficient (Wildman–Crippen LogP) is 7.43. The number of amides is 2. The van der Waals surface area contributed by atoms with Crippen molar-refractivity contribution in [3.05, 3.63) is 129 Å². The number of hydrogen-bond donors (Lipinski definition) is 2. The van der Waals surface area contributed by atoms with Gasteiger partial charge in [0.2, 0.25) is 0 Å². The standard InChI is InChI=1S/C30H23BrN2O3S/c31-23-15-13-22(14-16-23)29(34)33-24-10-6-9-21(17-24)18-32-30(35)28-27(25-11-4-5-12-26(25)37-28)36-19-20-7-2-1-3-8-20/h1-17H,18-19H2,(H,32,35)(H,33,34). The third-order valence-electron chi connectivity index (χ3n) is 5.73. The summed E-state index contributed by atoms with van der Waals surface area (Å²) in [5, 5.41) is 6.84. The number of hydrogen-bond acceptors (Lipinski definition) is 4. The first-order valence-electron chi connectivity index (χ1n) is 11.7. The molecule has 0 unspecified atom stereocenters. The Bertz CT molecular complexity index is 1550. The molecule has 0 fully saturated rings. The molecule has 0 saturated heterocycles. The summed E-state index contributed by atoms with van der Waals surface area (Å²) in [5.41, 5.74) is 3.13. The summed E-state index contributed by atoms with van der Waals surface area (Å²) in [6, 6.07) is 32.4. The van der Waals surface area contributed by atoms with Crippen molar-refractivity contribution in [1.29, 1.82) is 0 Å². The molecule has 4 aromatic carbocycles. The quantitative estimate of drug-likeness (QED) is 0.204. The summed E-state index contributed by atoms with van der Waals surface area (Å²) in [7, 11) is 0. The Kier molecular flexibility index (Phi) is 7.63. The molecule has 2 N–H and O–H groups in total.